The van der Waals surface area contributed by atoms with Gasteiger partial charge in [-0.1, -0.05) is 42.3 Å². The van der Waals surface area contributed by atoms with E-state index in [0.29, 0.717) is 41.5 Å². The van der Waals surface area contributed by atoms with Gasteiger partial charge in [-0.25, -0.2) is 8.42 Å². The summed E-state index contributed by atoms with van der Waals surface area (Å²) in [5.74, 6) is -0.131. The van der Waals surface area contributed by atoms with Gasteiger partial charge in [0.1, 0.15) is 0 Å². The van der Waals surface area contributed by atoms with Crippen molar-refractivity contribution >= 4 is 33.2 Å². The van der Waals surface area contributed by atoms with E-state index in [0.717, 1.165) is 24.8 Å². The summed E-state index contributed by atoms with van der Waals surface area (Å²) in [6.45, 7) is 1.18. The molecule has 1 N–H and O–H groups in total. The Morgan fingerprint density at radius 1 is 1.00 bits per heavy atom. The van der Waals surface area contributed by atoms with Crippen LogP contribution in [0.2, 0.25) is 5.02 Å². The largest absolute Gasteiger partial charge is 0.325 e. The third kappa shape index (κ3) is 5.09. The van der Waals surface area contributed by atoms with Crippen molar-refractivity contribution in [2.45, 2.75) is 37.0 Å². The molecule has 1 aliphatic heterocycles. The second kappa shape index (κ2) is 8.87. The van der Waals surface area contributed by atoms with E-state index >= 15 is 0 Å². The summed E-state index contributed by atoms with van der Waals surface area (Å²) in [4.78, 5) is 12.4. The lowest BCUT2D eigenvalue weighted by atomic mass is 10.1. The second-order valence-electron chi connectivity index (χ2n) is 6.64. The van der Waals surface area contributed by atoms with Crippen LogP contribution in [0.25, 0.3) is 0 Å². The molecule has 2 aromatic carbocycles. The van der Waals surface area contributed by atoms with E-state index in [1.807, 2.05) is 6.07 Å². The molecule has 0 aliphatic carbocycles. The van der Waals surface area contributed by atoms with Crippen molar-refractivity contribution in [3.63, 3.8) is 0 Å². The van der Waals surface area contributed by atoms with Crippen molar-refractivity contribution in [3.8, 4) is 0 Å². The minimum atomic E-state index is -3.42. The van der Waals surface area contributed by atoms with Crippen LogP contribution in [0.1, 0.15) is 31.2 Å². The Balaban J connectivity index is 1.57. The zero-order valence-corrected chi connectivity index (χ0v) is 16.6. The number of para-hydroxylation sites is 1. The van der Waals surface area contributed by atoms with Crippen LogP contribution in [-0.2, 0) is 21.2 Å². The van der Waals surface area contributed by atoms with E-state index in [4.69, 9.17) is 11.6 Å². The summed E-state index contributed by atoms with van der Waals surface area (Å²) in [5.41, 5.74) is 1.51. The Bertz CT molecular complexity index is 892. The number of piperidine rings is 1. The monoisotopic (exact) mass is 406 g/mol. The van der Waals surface area contributed by atoms with E-state index in [1.165, 1.54) is 0 Å². The maximum atomic E-state index is 12.6. The van der Waals surface area contributed by atoms with Crippen molar-refractivity contribution in [3.05, 3.63) is 59.1 Å². The van der Waals surface area contributed by atoms with Gasteiger partial charge in [0.2, 0.25) is 15.9 Å². The number of carbonyl (C=O) groups is 1. The van der Waals surface area contributed by atoms with Gasteiger partial charge in [0.15, 0.2) is 0 Å². The first-order valence-corrected chi connectivity index (χ1v) is 10.9. The molecule has 0 spiro atoms. The smallest absolute Gasteiger partial charge is 0.243 e. The van der Waals surface area contributed by atoms with Gasteiger partial charge in [-0.15, -0.1) is 0 Å². The minimum Gasteiger partial charge on any atom is -0.325 e. The van der Waals surface area contributed by atoms with E-state index in [9.17, 15) is 13.2 Å². The molecule has 27 heavy (non-hydrogen) atoms. The van der Waals surface area contributed by atoms with Gasteiger partial charge in [0.25, 0.3) is 0 Å². The topological polar surface area (TPSA) is 66.5 Å². The first-order valence-electron chi connectivity index (χ1n) is 9.10. The maximum Gasteiger partial charge on any atom is 0.243 e. The SMILES string of the molecule is O=C(CCc1ccc(S(=O)(=O)N2CCCCC2)cc1)Nc1ccccc1Cl. The highest BCUT2D eigenvalue weighted by Crippen LogP contribution is 2.22. The lowest BCUT2D eigenvalue weighted by Gasteiger charge is -2.25. The Morgan fingerprint density at radius 2 is 1.67 bits per heavy atom. The number of halogens is 1. The lowest BCUT2D eigenvalue weighted by Crippen LogP contribution is -2.35. The predicted octanol–water partition coefficient (Wildman–Crippen LogP) is 4.09. The number of rotatable bonds is 6. The fourth-order valence-electron chi connectivity index (χ4n) is 3.12. The third-order valence-electron chi connectivity index (χ3n) is 4.66. The molecule has 0 atom stereocenters. The first-order chi connectivity index (χ1) is 13.0. The standard InChI is InChI=1S/C20H23ClN2O3S/c21-18-6-2-3-7-19(18)22-20(24)13-10-16-8-11-17(12-9-16)27(25,26)23-14-4-1-5-15-23/h2-3,6-9,11-12H,1,4-5,10,13-15H2,(H,22,24). The molecule has 7 heteroatoms. The molecular weight excluding hydrogens is 384 g/mol. The quantitative estimate of drug-likeness (QED) is 0.785. The lowest BCUT2D eigenvalue weighted by molar-refractivity contribution is -0.116. The summed E-state index contributed by atoms with van der Waals surface area (Å²) in [5, 5.41) is 3.28. The normalized spacial score (nSPS) is 15.4. The Labute approximate surface area is 165 Å². The molecule has 0 unspecified atom stereocenters. The maximum absolute atomic E-state index is 12.6. The fraction of sp³-hybridized carbons (Fsp3) is 0.350. The summed E-state index contributed by atoms with van der Waals surface area (Å²) in [7, 11) is -3.42. The van der Waals surface area contributed by atoms with Crippen molar-refractivity contribution in [1.82, 2.24) is 4.31 Å². The molecule has 0 saturated carbocycles. The van der Waals surface area contributed by atoms with Crippen LogP contribution in [0, 0.1) is 0 Å². The highest BCUT2D eigenvalue weighted by Gasteiger charge is 2.25. The molecular formula is C20H23ClN2O3S. The Hall–Kier alpha value is -1.89. The number of carbonyl (C=O) groups excluding carboxylic acids is 1. The number of hydrogen-bond donors (Lipinski definition) is 1. The summed E-state index contributed by atoms with van der Waals surface area (Å²) in [6.07, 6.45) is 3.74. The molecule has 1 saturated heterocycles. The van der Waals surface area contributed by atoms with Gasteiger partial charge in [-0.3, -0.25) is 4.79 Å². The molecule has 1 heterocycles. The van der Waals surface area contributed by atoms with Crippen LogP contribution in [0.3, 0.4) is 0 Å². The van der Waals surface area contributed by atoms with Crippen LogP contribution < -0.4 is 5.32 Å². The average molecular weight is 407 g/mol. The van der Waals surface area contributed by atoms with Gasteiger partial charge < -0.3 is 5.32 Å². The van der Waals surface area contributed by atoms with Gasteiger partial charge >= 0.3 is 0 Å². The Morgan fingerprint density at radius 3 is 2.33 bits per heavy atom. The molecule has 0 radical (unpaired) electrons. The summed E-state index contributed by atoms with van der Waals surface area (Å²) < 4.78 is 26.9. The van der Waals surface area contributed by atoms with Gasteiger partial charge in [0.05, 0.1) is 15.6 Å². The molecule has 144 valence electrons. The van der Waals surface area contributed by atoms with Crippen molar-refractivity contribution in [2.24, 2.45) is 0 Å². The van der Waals surface area contributed by atoms with Crippen LogP contribution in [0.5, 0.6) is 0 Å². The average Bonchev–Trinajstić information content (AvgIpc) is 2.69. The van der Waals surface area contributed by atoms with E-state index in [1.54, 1.807) is 46.8 Å². The van der Waals surface area contributed by atoms with E-state index < -0.39 is 10.0 Å². The zero-order valence-electron chi connectivity index (χ0n) is 15.0. The molecule has 3 rings (SSSR count). The number of amides is 1. The summed E-state index contributed by atoms with van der Waals surface area (Å²) >= 11 is 6.03. The highest BCUT2D eigenvalue weighted by molar-refractivity contribution is 7.89. The predicted molar refractivity (Wildman–Crippen MR) is 107 cm³/mol. The van der Waals surface area contributed by atoms with Gasteiger partial charge in [0, 0.05) is 19.5 Å². The number of nitrogens with one attached hydrogen (secondary N) is 1. The fourth-order valence-corrected chi connectivity index (χ4v) is 4.82. The van der Waals surface area contributed by atoms with Crippen molar-refractivity contribution < 1.29 is 13.2 Å². The number of benzene rings is 2. The molecule has 1 amide bonds. The highest BCUT2D eigenvalue weighted by atomic mass is 35.5. The van der Waals surface area contributed by atoms with Crippen LogP contribution in [0.4, 0.5) is 5.69 Å². The number of aryl methyl sites for hydroxylation is 1. The Kier molecular flexibility index (Phi) is 6.52. The minimum absolute atomic E-state index is 0.131. The molecule has 0 bridgehead atoms. The van der Waals surface area contributed by atoms with Crippen LogP contribution in [0.15, 0.2) is 53.4 Å². The molecule has 1 fully saturated rings. The van der Waals surface area contributed by atoms with E-state index in [-0.39, 0.29) is 5.91 Å². The third-order valence-corrected chi connectivity index (χ3v) is 6.91. The zero-order chi connectivity index (χ0) is 19.3. The number of anilines is 1. The molecule has 2 aromatic rings. The number of sulfonamides is 1. The molecule has 1 aliphatic rings. The molecule has 0 aromatic heterocycles. The first kappa shape index (κ1) is 19.9. The summed E-state index contributed by atoms with van der Waals surface area (Å²) in [6, 6.07) is 13.9. The second-order valence-corrected chi connectivity index (χ2v) is 8.98. The van der Waals surface area contributed by atoms with Crippen molar-refractivity contribution in [1.29, 1.82) is 0 Å². The van der Waals surface area contributed by atoms with Gasteiger partial charge in [-0.05, 0) is 49.1 Å². The van der Waals surface area contributed by atoms with Crippen molar-refractivity contribution in [2.75, 3.05) is 18.4 Å². The number of nitrogens with zero attached hydrogens (tertiary/aromatic N) is 1. The van der Waals surface area contributed by atoms with Crippen LogP contribution in [-0.4, -0.2) is 31.7 Å². The van der Waals surface area contributed by atoms with Gasteiger partial charge in [-0.2, -0.15) is 4.31 Å². The molecule has 5 nitrogen and oxygen atoms in total. The van der Waals surface area contributed by atoms with Crippen LogP contribution >= 0.6 is 11.6 Å². The number of hydrogen-bond acceptors (Lipinski definition) is 3. The van der Waals surface area contributed by atoms with E-state index in [2.05, 4.69) is 5.32 Å².